The number of hydrazine groups is 1. The van der Waals surface area contributed by atoms with Gasteiger partial charge in [0.15, 0.2) is 6.10 Å². The van der Waals surface area contributed by atoms with Crippen LogP contribution in [0.25, 0.3) is 6.08 Å². The summed E-state index contributed by atoms with van der Waals surface area (Å²) < 4.78 is 10.9. The molecule has 0 aliphatic rings. The average Bonchev–Trinajstić information content (AvgIpc) is 2.72. The molecule has 7 nitrogen and oxygen atoms in total. The number of amides is 2. The summed E-state index contributed by atoms with van der Waals surface area (Å²) in [5, 5.41) is 9.02. The Balaban J connectivity index is 1.82. The van der Waals surface area contributed by atoms with Gasteiger partial charge in [0.05, 0.1) is 18.2 Å². The zero-order chi connectivity index (χ0) is 20.4. The van der Waals surface area contributed by atoms with E-state index in [0.29, 0.717) is 29.2 Å². The quantitative estimate of drug-likeness (QED) is 0.569. The minimum Gasteiger partial charge on any atom is -0.494 e. The van der Waals surface area contributed by atoms with E-state index >= 15 is 0 Å². The van der Waals surface area contributed by atoms with Gasteiger partial charge in [-0.3, -0.25) is 20.4 Å². The van der Waals surface area contributed by atoms with E-state index in [-0.39, 0.29) is 0 Å². The van der Waals surface area contributed by atoms with Gasteiger partial charge in [0.1, 0.15) is 11.5 Å². The number of carbonyl (C=O) groups excluding carboxylic acids is 2. The molecule has 2 aromatic carbocycles. The highest BCUT2D eigenvalue weighted by molar-refractivity contribution is 5.93. The third kappa shape index (κ3) is 6.18. The van der Waals surface area contributed by atoms with Crippen LogP contribution < -0.4 is 20.3 Å². The SMILES string of the molecule is CCOc1ccc(OC(C)C(=O)NNC(=O)/C=C/c2ccccc2C#N)cc1. The van der Waals surface area contributed by atoms with Crippen LogP contribution in [0.4, 0.5) is 0 Å². The van der Waals surface area contributed by atoms with Crippen molar-refractivity contribution in [2.24, 2.45) is 0 Å². The summed E-state index contributed by atoms with van der Waals surface area (Å²) in [7, 11) is 0. The van der Waals surface area contributed by atoms with Gasteiger partial charge in [0, 0.05) is 6.08 Å². The molecule has 2 amide bonds. The Morgan fingerprint density at radius 3 is 2.46 bits per heavy atom. The van der Waals surface area contributed by atoms with Crippen LogP contribution in [0.15, 0.2) is 54.6 Å². The highest BCUT2D eigenvalue weighted by Crippen LogP contribution is 2.18. The van der Waals surface area contributed by atoms with E-state index in [2.05, 4.69) is 10.9 Å². The number of benzene rings is 2. The predicted octanol–water partition coefficient (Wildman–Crippen LogP) is 2.59. The lowest BCUT2D eigenvalue weighted by Crippen LogP contribution is -2.46. The summed E-state index contributed by atoms with van der Waals surface area (Å²) in [4.78, 5) is 23.9. The number of ether oxygens (including phenoxy) is 2. The van der Waals surface area contributed by atoms with Crippen LogP contribution in [0.2, 0.25) is 0 Å². The molecular weight excluding hydrogens is 358 g/mol. The maximum Gasteiger partial charge on any atom is 0.279 e. The van der Waals surface area contributed by atoms with Crippen molar-refractivity contribution < 1.29 is 19.1 Å². The van der Waals surface area contributed by atoms with Crippen LogP contribution in [0.1, 0.15) is 25.0 Å². The fourth-order valence-electron chi connectivity index (χ4n) is 2.21. The van der Waals surface area contributed by atoms with E-state index in [1.54, 1.807) is 55.5 Å². The van der Waals surface area contributed by atoms with Gasteiger partial charge in [-0.1, -0.05) is 18.2 Å². The van der Waals surface area contributed by atoms with Crippen molar-refractivity contribution in [3.8, 4) is 17.6 Å². The first-order valence-electron chi connectivity index (χ1n) is 8.70. The van der Waals surface area contributed by atoms with Gasteiger partial charge in [-0.15, -0.1) is 0 Å². The van der Waals surface area contributed by atoms with Crippen molar-refractivity contribution in [1.82, 2.24) is 10.9 Å². The van der Waals surface area contributed by atoms with E-state index in [4.69, 9.17) is 14.7 Å². The zero-order valence-corrected chi connectivity index (χ0v) is 15.6. The Labute approximate surface area is 163 Å². The van der Waals surface area contributed by atoms with Gasteiger partial charge in [0.2, 0.25) is 0 Å². The number of hydrogen-bond donors (Lipinski definition) is 2. The van der Waals surface area contributed by atoms with Crippen LogP contribution in [0, 0.1) is 11.3 Å². The number of nitriles is 1. The molecule has 0 aromatic heterocycles. The Hall–Kier alpha value is -3.79. The standard InChI is InChI=1S/C21H21N3O4/c1-3-27-18-9-11-19(12-10-18)28-15(2)21(26)24-23-20(25)13-8-16-6-4-5-7-17(16)14-22/h4-13,15H,3H2,1-2H3,(H,23,25)(H,24,26)/b13-8+. The van der Waals surface area contributed by atoms with Crippen LogP contribution in [-0.2, 0) is 9.59 Å². The molecule has 0 radical (unpaired) electrons. The fraction of sp³-hybridized carbons (Fsp3) is 0.190. The Morgan fingerprint density at radius 1 is 1.11 bits per heavy atom. The molecule has 7 heteroatoms. The molecule has 2 aromatic rings. The van der Waals surface area contributed by atoms with E-state index in [1.807, 2.05) is 13.0 Å². The van der Waals surface area contributed by atoms with Crippen molar-refractivity contribution in [2.75, 3.05) is 6.61 Å². The number of rotatable bonds is 7. The van der Waals surface area contributed by atoms with Gasteiger partial charge in [-0.05, 0) is 55.8 Å². The highest BCUT2D eigenvalue weighted by atomic mass is 16.5. The minimum absolute atomic E-state index is 0.452. The second-order valence-electron chi connectivity index (χ2n) is 5.68. The molecule has 1 atom stereocenters. The largest absolute Gasteiger partial charge is 0.494 e. The van der Waals surface area contributed by atoms with E-state index < -0.39 is 17.9 Å². The van der Waals surface area contributed by atoms with Crippen LogP contribution in [0.5, 0.6) is 11.5 Å². The number of carbonyl (C=O) groups is 2. The molecule has 0 aliphatic carbocycles. The normalized spacial score (nSPS) is 11.3. The molecule has 28 heavy (non-hydrogen) atoms. The molecule has 1 unspecified atom stereocenters. The maximum atomic E-state index is 12.1. The first-order valence-corrected chi connectivity index (χ1v) is 8.70. The summed E-state index contributed by atoms with van der Waals surface area (Å²) in [6, 6.07) is 15.8. The van der Waals surface area contributed by atoms with Crippen LogP contribution >= 0.6 is 0 Å². The molecule has 0 heterocycles. The van der Waals surface area contributed by atoms with Crippen molar-refractivity contribution in [3.05, 3.63) is 65.7 Å². The topological polar surface area (TPSA) is 100 Å². The molecule has 0 aliphatic heterocycles. The maximum absolute atomic E-state index is 12.1. The predicted molar refractivity (Wildman–Crippen MR) is 104 cm³/mol. The summed E-state index contributed by atoms with van der Waals surface area (Å²) >= 11 is 0. The number of nitrogens with zero attached hydrogens (tertiary/aromatic N) is 1. The molecule has 0 saturated carbocycles. The third-order valence-corrected chi connectivity index (χ3v) is 3.62. The molecule has 0 fully saturated rings. The highest BCUT2D eigenvalue weighted by Gasteiger charge is 2.15. The molecular formula is C21H21N3O4. The van der Waals surface area contributed by atoms with Gasteiger partial charge < -0.3 is 9.47 Å². The van der Waals surface area contributed by atoms with Crippen molar-refractivity contribution in [1.29, 1.82) is 5.26 Å². The van der Waals surface area contributed by atoms with Crippen LogP contribution in [0.3, 0.4) is 0 Å². The lowest BCUT2D eigenvalue weighted by molar-refractivity contribution is -0.131. The first-order chi connectivity index (χ1) is 13.5. The third-order valence-electron chi connectivity index (χ3n) is 3.62. The zero-order valence-electron chi connectivity index (χ0n) is 15.6. The summed E-state index contributed by atoms with van der Waals surface area (Å²) in [5.41, 5.74) is 5.63. The molecule has 0 bridgehead atoms. The molecule has 0 saturated heterocycles. The average molecular weight is 379 g/mol. The van der Waals surface area contributed by atoms with Crippen molar-refractivity contribution in [3.63, 3.8) is 0 Å². The smallest absolute Gasteiger partial charge is 0.279 e. The summed E-state index contributed by atoms with van der Waals surface area (Å²) in [6.45, 7) is 4.02. The Bertz CT molecular complexity index is 885. The Kier molecular flexibility index (Phi) is 7.61. The van der Waals surface area contributed by atoms with Gasteiger partial charge in [-0.25, -0.2) is 0 Å². The monoisotopic (exact) mass is 379 g/mol. The van der Waals surface area contributed by atoms with Crippen LogP contribution in [-0.4, -0.2) is 24.5 Å². The molecule has 2 rings (SSSR count). The number of nitrogens with one attached hydrogen (secondary N) is 2. The van der Waals surface area contributed by atoms with E-state index in [9.17, 15) is 9.59 Å². The van der Waals surface area contributed by atoms with Crippen molar-refractivity contribution in [2.45, 2.75) is 20.0 Å². The second kappa shape index (κ2) is 10.4. The minimum atomic E-state index is -0.818. The molecule has 2 N–H and O–H groups in total. The van der Waals surface area contributed by atoms with E-state index in [0.717, 1.165) is 0 Å². The van der Waals surface area contributed by atoms with Gasteiger partial charge >= 0.3 is 0 Å². The van der Waals surface area contributed by atoms with Gasteiger partial charge in [0.25, 0.3) is 11.8 Å². The Morgan fingerprint density at radius 2 is 1.79 bits per heavy atom. The second-order valence-corrected chi connectivity index (χ2v) is 5.68. The summed E-state index contributed by atoms with van der Waals surface area (Å²) in [5.74, 6) is 0.178. The van der Waals surface area contributed by atoms with Crippen molar-refractivity contribution >= 4 is 17.9 Å². The first kappa shape index (κ1) is 20.5. The van der Waals surface area contributed by atoms with Gasteiger partial charge in [-0.2, -0.15) is 5.26 Å². The lowest BCUT2D eigenvalue weighted by Gasteiger charge is -2.15. The molecule has 0 spiro atoms. The summed E-state index contributed by atoms with van der Waals surface area (Å²) in [6.07, 6.45) is 1.91. The molecule has 144 valence electrons. The number of hydrogen-bond acceptors (Lipinski definition) is 5. The fourth-order valence-corrected chi connectivity index (χ4v) is 2.21. The lowest BCUT2D eigenvalue weighted by atomic mass is 10.1. The van der Waals surface area contributed by atoms with E-state index in [1.165, 1.54) is 12.2 Å².